The minimum Gasteiger partial charge on any atom is -0.309 e. The van der Waals surface area contributed by atoms with Gasteiger partial charge < -0.3 is 4.57 Å². The summed E-state index contributed by atoms with van der Waals surface area (Å²) in [6, 6.07) is 66.4. The molecule has 0 saturated heterocycles. The monoisotopic (exact) mass is 627 g/mol. The van der Waals surface area contributed by atoms with Gasteiger partial charge in [0.15, 0.2) is 8.07 Å². The Kier molecular flexibility index (Phi) is 7.27. The molecule has 0 radical (unpaired) electrons. The van der Waals surface area contributed by atoms with Crippen LogP contribution in [-0.2, 0) is 0 Å². The average molecular weight is 628 g/mol. The Hall–Kier alpha value is -6.46. The van der Waals surface area contributed by atoms with Crippen LogP contribution >= 0.6 is 0 Å². The van der Waals surface area contributed by atoms with Crippen molar-refractivity contribution in [1.82, 2.24) is 4.57 Å². The molecule has 0 spiro atoms. The molecule has 1 aromatic heterocycles. The number of fused-ring (bicyclic) bond motifs is 3. The highest BCUT2D eigenvalue weighted by atomic mass is 28.3. The maximum absolute atomic E-state index is 9.91. The number of hydrogen-bond donors (Lipinski definition) is 0. The predicted octanol–water partition coefficient (Wildman–Crippen LogP) is 7.57. The Morgan fingerprint density at radius 2 is 0.979 bits per heavy atom. The summed E-state index contributed by atoms with van der Waals surface area (Å²) in [6.45, 7) is 0. The van der Waals surface area contributed by atoms with E-state index in [2.05, 4.69) is 168 Å². The van der Waals surface area contributed by atoms with Gasteiger partial charge >= 0.3 is 0 Å². The number of rotatable bonds is 6. The van der Waals surface area contributed by atoms with Crippen LogP contribution < -0.4 is 20.7 Å². The lowest BCUT2D eigenvalue weighted by molar-refractivity contribution is 1.18. The van der Waals surface area contributed by atoms with Crippen LogP contribution in [0.5, 0.6) is 0 Å². The van der Waals surface area contributed by atoms with Gasteiger partial charge in [0.2, 0.25) is 0 Å². The maximum atomic E-state index is 9.91. The third-order valence-corrected chi connectivity index (χ3v) is 14.2. The normalized spacial score (nSPS) is 11.3. The van der Waals surface area contributed by atoms with Gasteiger partial charge in [-0.3, -0.25) is 0 Å². The molecule has 0 aliphatic carbocycles. The molecule has 3 nitrogen and oxygen atoms in total. The Morgan fingerprint density at radius 3 is 1.69 bits per heavy atom. The highest BCUT2D eigenvalue weighted by Crippen LogP contribution is 2.36. The van der Waals surface area contributed by atoms with Crippen LogP contribution in [0.1, 0.15) is 11.1 Å². The second-order valence-electron chi connectivity index (χ2n) is 12.0. The summed E-state index contributed by atoms with van der Waals surface area (Å²) >= 11 is 0. The molecule has 0 N–H and O–H groups in total. The van der Waals surface area contributed by atoms with E-state index in [0.29, 0.717) is 11.1 Å². The molecule has 0 fully saturated rings. The first-order valence-electron chi connectivity index (χ1n) is 16.0. The fraction of sp³-hybridized carbons (Fsp3) is 0. The Bertz CT molecular complexity index is 2480. The minimum atomic E-state index is -2.80. The van der Waals surface area contributed by atoms with E-state index in [1.165, 1.54) is 20.7 Å². The lowest BCUT2D eigenvalue weighted by Gasteiger charge is -2.34. The lowest BCUT2D eigenvalue weighted by Crippen LogP contribution is -2.74. The summed E-state index contributed by atoms with van der Waals surface area (Å²) in [5.41, 5.74) is 6.80. The fourth-order valence-electron chi connectivity index (χ4n) is 7.31. The van der Waals surface area contributed by atoms with E-state index in [4.69, 9.17) is 0 Å². The SMILES string of the molecule is N#Cc1cccc([Si](c2ccccc2)(c2ccccc2)c2ccc(-c3ccccc3-n3c4ccccc4c4cc(C#N)ccc43)cc2)c1. The molecule has 1 heterocycles. The third kappa shape index (κ3) is 4.64. The first-order valence-corrected chi connectivity index (χ1v) is 18.0. The molecular formula is C44H29N3Si. The molecule has 48 heavy (non-hydrogen) atoms. The van der Waals surface area contributed by atoms with Crippen molar-refractivity contribution in [1.29, 1.82) is 10.5 Å². The summed E-state index contributed by atoms with van der Waals surface area (Å²) in [7, 11) is -2.80. The van der Waals surface area contributed by atoms with E-state index in [9.17, 15) is 10.5 Å². The summed E-state index contributed by atoms with van der Waals surface area (Å²) < 4.78 is 2.31. The van der Waals surface area contributed by atoms with E-state index in [0.717, 1.165) is 38.6 Å². The number of benzene rings is 7. The van der Waals surface area contributed by atoms with Crippen LogP contribution in [0.15, 0.2) is 176 Å². The Labute approximate surface area is 280 Å². The topological polar surface area (TPSA) is 52.5 Å². The van der Waals surface area contributed by atoms with E-state index in [1.807, 2.05) is 24.3 Å². The summed E-state index contributed by atoms with van der Waals surface area (Å²) in [4.78, 5) is 0. The highest BCUT2D eigenvalue weighted by Gasteiger charge is 2.41. The predicted molar refractivity (Wildman–Crippen MR) is 199 cm³/mol. The third-order valence-electron chi connectivity index (χ3n) is 9.41. The number of nitriles is 2. The van der Waals surface area contributed by atoms with Crippen molar-refractivity contribution in [2.45, 2.75) is 0 Å². The second-order valence-corrected chi connectivity index (χ2v) is 15.8. The quantitative estimate of drug-likeness (QED) is 0.141. The smallest absolute Gasteiger partial charge is 0.179 e. The van der Waals surface area contributed by atoms with Gasteiger partial charge in [-0.05, 0) is 68.8 Å². The largest absolute Gasteiger partial charge is 0.309 e. The van der Waals surface area contributed by atoms with Crippen molar-refractivity contribution < 1.29 is 0 Å². The zero-order valence-corrected chi connectivity index (χ0v) is 27.1. The number of para-hydroxylation sites is 2. The van der Waals surface area contributed by atoms with Crippen LogP contribution in [0.2, 0.25) is 0 Å². The maximum Gasteiger partial charge on any atom is 0.179 e. The lowest BCUT2D eigenvalue weighted by atomic mass is 10.0. The van der Waals surface area contributed by atoms with Gasteiger partial charge in [-0.15, -0.1) is 0 Å². The van der Waals surface area contributed by atoms with E-state index in [1.54, 1.807) is 0 Å². The van der Waals surface area contributed by atoms with Gasteiger partial charge in [0, 0.05) is 16.3 Å². The van der Waals surface area contributed by atoms with Gasteiger partial charge in [0.1, 0.15) is 0 Å². The summed E-state index contributed by atoms with van der Waals surface area (Å²) in [6.07, 6.45) is 0. The molecule has 224 valence electrons. The first-order chi connectivity index (χ1) is 23.7. The summed E-state index contributed by atoms with van der Waals surface area (Å²) in [5.74, 6) is 0. The molecule has 0 atom stereocenters. The van der Waals surface area contributed by atoms with Crippen molar-refractivity contribution in [3.05, 3.63) is 187 Å². The standard InChI is InChI=1S/C44H29N3Si/c45-30-32-12-11-17-38(28-32)48(35-13-3-1-4-14-35,36-15-5-2-6-16-36)37-25-23-34(24-26-37)39-18-7-9-20-42(39)47-43-21-10-8-19-40(43)41-29-33(31-46)22-27-44(41)47/h1-29H. The van der Waals surface area contributed by atoms with Crippen LogP contribution in [0.3, 0.4) is 0 Å². The van der Waals surface area contributed by atoms with E-state index < -0.39 is 8.07 Å². The molecule has 8 rings (SSSR count). The Balaban J connectivity index is 1.35. The van der Waals surface area contributed by atoms with Gasteiger partial charge in [-0.25, -0.2) is 0 Å². The molecule has 0 bridgehead atoms. The molecule has 0 aliphatic rings. The highest BCUT2D eigenvalue weighted by molar-refractivity contribution is 7.19. The molecule has 7 aromatic carbocycles. The Morgan fingerprint density at radius 1 is 0.417 bits per heavy atom. The van der Waals surface area contributed by atoms with Crippen molar-refractivity contribution in [2.24, 2.45) is 0 Å². The van der Waals surface area contributed by atoms with Crippen LogP contribution in [0.4, 0.5) is 0 Å². The van der Waals surface area contributed by atoms with Crippen molar-refractivity contribution in [2.75, 3.05) is 0 Å². The van der Waals surface area contributed by atoms with Crippen LogP contribution in [0.25, 0.3) is 38.6 Å². The van der Waals surface area contributed by atoms with E-state index >= 15 is 0 Å². The zero-order valence-electron chi connectivity index (χ0n) is 26.1. The van der Waals surface area contributed by atoms with Gasteiger partial charge in [-0.2, -0.15) is 10.5 Å². The van der Waals surface area contributed by atoms with Gasteiger partial charge in [-0.1, -0.05) is 133 Å². The summed E-state index contributed by atoms with van der Waals surface area (Å²) in [5, 5.41) is 26.7. The van der Waals surface area contributed by atoms with Gasteiger partial charge in [0.25, 0.3) is 0 Å². The first kappa shape index (κ1) is 29.0. The molecule has 0 unspecified atom stereocenters. The molecule has 4 heteroatoms. The second kappa shape index (κ2) is 12.0. The van der Waals surface area contributed by atoms with Crippen LogP contribution in [0, 0.1) is 22.7 Å². The molecule has 0 amide bonds. The molecular weight excluding hydrogens is 599 g/mol. The number of aromatic nitrogens is 1. The fourth-order valence-corrected chi connectivity index (χ4v) is 12.1. The average Bonchev–Trinajstić information content (AvgIpc) is 3.50. The molecule has 0 saturated carbocycles. The number of nitrogens with zero attached hydrogens (tertiary/aromatic N) is 3. The van der Waals surface area contributed by atoms with Gasteiger partial charge in [0.05, 0.1) is 40.0 Å². The van der Waals surface area contributed by atoms with Crippen molar-refractivity contribution in [3.63, 3.8) is 0 Å². The van der Waals surface area contributed by atoms with Crippen molar-refractivity contribution in [3.8, 4) is 29.0 Å². The minimum absolute atomic E-state index is 0.652. The van der Waals surface area contributed by atoms with Crippen molar-refractivity contribution >= 4 is 50.6 Å². The molecule has 8 aromatic rings. The number of hydrogen-bond acceptors (Lipinski definition) is 2. The zero-order chi connectivity index (χ0) is 32.5. The van der Waals surface area contributed by atoms with E-state index in [-0.39, 0.29) is 0 Å². The van der Waals surface area contributed by atoms with Crippen LogP contribution in [-0.4, -0.2) is 12.6 Å². The molecule has 0 aliphatic heterocycles.